The number of aromatic nitrogens is 1. The molecule has 0 saturated carbocycles. The van der Waals surface area contributed by atoms with Gasteiger partial charge in [-0.1, -0.05) is 58.4 Å². The van der Waals surface area contributed by atoms with Gasteiger partial charge in [-0.05, 0) is 29.5 Å². The van der Waals surface area contributed by atoms with Crippen LogP contribution in [0.5, 0.6) is 0 Å². The number of halogens is 1. The third-order valence-electron chi connectivity index (χ3n) is 3.72. The Balaban J connectivity index is 1.79. The Morgan fingerprint density at radius 3 is 2.67 bits per heavy atom. The molecule has 1 heterocycles. The average Bonchev–Trinajstić information content (AvgIpc) is 2.53. The molecule has 0 saturated heterocycles. The summed E-state index contributed by atoms with van der Waals surface area (Å²) in [5.74, 6) is 0. The van der Waals surface area contributed by atoms with Crippen molar-refractivity contribution in [3.63, 3.8) is 0 Å². The van der Waals surface area contributed by atoms with Gasteiger partial charge < -0.3 is 5.32 Å². The summed E-state index contributed by atoms with van der Waals surface area (Å²) in [4.78, 5) is 4.33. The van der Waals surface area contributed by atoms with E-state index >= 15 is 0 Å². The van der Waals surface area contributed by atoms with Crippen molar-refractivity contribution in [1.29, 1.82) is 0 Å². The van der Waals surface area contributed by atoms with Crippen molar-refractivity contribution in [2.75, 3.05) is 0 Å². The van der Waals surface area contributed by atoms with Crippen LogP contribution in [0.3, 0.4) is 0 Å². The third kappa shape index (κ3) is 3.14. The summed E-state index contributed by atoms with van der Waals surface area (Å²) in [6.45, 7) is 2.98. The molecule has 3 rings (SSSR count). The van der Waals surface area contributed by atoms with Gasteiger partial charge in [0, 0.05) is 34.8 Å². The monoisotopic (exact) mass is 340 g/mol. The molecule has 21 heavy (non-hydrogen) atoms. The van der Waals surface area contributed by atoms with E-state index in [1.54, 1.807) is 0 Å². The van der Waals surface area contributed by atoms with E-state index in [4.69, 9.17) is 0 Å². The lowest BCUT2D eigenvalue weighted by Crippen LogP contribution is -2.18. The van der Waals surface area contributed by atoms with Crippen LogP contribution in [-0.4, -0.2) is 4.98 Å². The van der Waals surface area contributed by atoms with Gasteiger partial charge in [-0.3, -0.25) is 4.98 Å². The number of pyridine rings is 1. The highest BCUT2D eigenvalue weighted by Gasteiger charge is 2.09. The molecule has 2 nitrogen and oxygen atoms in total. The van der Waals surface area contributed by atoms with Crippen LogP contribution in [0.2, 0.25) is 0 Å². The number of nitrogens with one attached hydrogen (secondary N) is 1. The maximum Gasteiger partial charge on any atom is 0.0346 e. The Morgan fingerprint density at radius 2 is 1.81 bits per heavy atom. The lowest BCUT2D eigenvalue weighted by Gasteiger charge is -2.16. The molecule has 106 valence electrons. The fourth-order valence-corrected chi connectivity index (χ4v) is 3.15. The first-order valence-electron chi connectivity index (χ1n) is 7.05. The van der Waals surface area contributed by atoms with E-state index in [2.05, 4.69) is 69.6 Å². The average molecular weight is 341 g/mol. The summed E-state index contributed by atoms with van der Waals surface area (Å²) < 4.78 is 1.14. The minimum absolute atomic E-state index is 0.277. The van der Waals surface area contributed by atoms with Crippen molar-refractivity contribution in [3.8, 4) is 0 Å². The van der Waals surface area contributed by atoms with Gasteiger partial charge >= 0.3 is 0 Å². The van der Waals surface area contributed by atoms with Gasteiger partial charge in [0.05, 0.1) is 0 Å². The van der Waals surface area contributed by atoms with Gasteiger partial charge in [0.15, 0.2) is 0 Å². The highest BCUT2D eigenvalue weighted by atomic mass is 79.9. The van der Waals surface area contributed by atoms with Gasteiger partial charge in [-0.15, -0.1) is 0 Å². The molecule has 0 spiro atoms. The minimum atomic E-state index is 0.277. The molecule has 0 fully saturated rings. The second kappa shape index (κ2) is 6.37. The van der Waals surface area contributed by atoms with Crippen LogP contribution in [0.15, 0.2) is 65.4 Å². The molecule has 0 bridgehead atoms. The van der Waals surface area contributed by atoms with E-state index in [0.29, 0.717) is 0 Å². The molecule has 0 unspecified atom stereocenters. The zero-order chi connectivity index (χ0) is 14.7. The third-order valence-corrected chi connectivity index (χ3v) is 4.44. The van der Waals surface area contributed by atoms with Gasteiger partial charge in [-0.2, -0.15) is 0 Å². The van der Waals surface area contributed by atoms with E-state index in [9.17, 15) is 0 Å². The van der Waals surface area contributed by atoms with E-state index in [-0.39, 0.29) is 6.04 Å². The predicted octanol–water partition coefficient (Wildman–Crippen LogP) is 4.85. The molecular weight excluding hydrogens is 324 g/mol. The minimum Gasteiger partial charge on any atom is -0.306 e. The standard InChI is InChI=1S/C18H17BrN2/c1-13(16-7-4-5-9-18(16)19)21-12-15-11-20-10-14-6-2-3-8-17(14)15/h2-11,13,21H,12H2,1H3/t13-/m1/s1. The number of nitrogens with zero attached hydrogens (tertiary/aromatic N) is 1. The summed E-state index contributed by atoms with van der Waals surface area (Å²) in [7, 11) is 0. The Hall–Kier alpha value is -1.71. The maximum atomic E-state index is 4.33. The molecule has 0 aliphatic carbocycles. The fraction of sp³-hybridized carbons (Fsp3) is 0.167. The first-order valence-corrected chi connectivity index (χ1v) is 7.84. The maximum absolute atomic E-state index is 4.33. The molecule has 3 heteroatoms. The van der Waals surface area contributed by atoms with Crippen LogP contribution >= 0.6 is 15.9 Å². The number of fused-ring (bicyclic) bond motifs is 1. The predicted molar refractivity (Wildman–Crippen MR) is 91.1 cm³/mol. The van der Waals surface area contributed by atoms with Crippen molar-refractivity contribution in [1.82, 2.24) is 10.3 Å². The zero-order valence-electron chi connectivity index (χ0n) is 11.9. The van der Waals surface area contributed by atoms with Crippen molar-refractivity contribution in [2.45, 2.75) is 19.5 Å². The lowest BCUT2D eigenvalue weighted by molar-refractivity contribution is 0.574. The van der Waals surface area contributed by atoms with E-state index in [0.717, 1.165) is 11.0 Å². The molecule has 0 aliphatic heterocycles. The Labute approximate surface area is 133 Å². The summed E-state index contributed by atoms with van der Waals surface area (Å²) in [6.07, 6.45) is 3.86. The Morgan fingerprint density at radius 1 is 1.05 bits per heavy atom. The summed E-state index contributed by atoms with van der Waals surface area (Å²) in [6, 6.07) is 17.0. The molecule has 1 atom stereocenters. The summed E-state index contributed by atoms with van der Waals surface area (Å²) >= 11 is 3.61. The van der Waals surface area contributed by atoms with Crippen molar-refractivity contribution in [2.24, 2.45) is 0 Å². The molecule has 1 aromatic heterocycles. The van der Waals surface area contributed by atoms with Crippen LogP contribution in [0, 0.1) is 0 Å². The van der Waals surface area contributed by atoms with Gasteiger partial charge in [0.25, 0.3) is 0 Å². The van der Waals surface area contributed by atoms with Gasteiger partial charge in [-0.25, -0.2) is 0 Å². The molecule has 3 aromatic rings. The van der Waals surface area contributed by atoms with Crippen LogP contribution in [0.25, 0.3) is 10.8 Å². The molecular formula is C18H17BrN2. The first kappa shape index (κ1) is 14.2. The largest absolute Gasteiger partial charge is 0.306 e. The second-order valence-electron chi connectivity index (χ2n) is 5.14. The van der Waals surface area contributed by atoms with E-state index in [1.807, 2.05) is 24.5 Å². The number of hydrogen-bond donors (Lipinski definition) is 1. The van der Waals surface area contributed by atoms with Crippen LogP contribution in [0.1, 0.15) is 24.1 Å². The molecule has 0 amide bonds. The highest BCUT2D eigenvalue weighted by Crippen LogP contribution is 2.24. The van der Waals surface area contributed by atoms with Crippen molar-refractivity contribution < 1.29 is 0 Å². The highest BCUT2D eigenvalue weighted by molar-refractivity contribution is 9.10. The normalized spacial score (nSPS) is 12.5. The summed E-state index contributed by atoms with van der Waals surface area (Å²) in [5.41, 5.74) is 2.50. The lowest BCUT2D eigenvalue weighted by atomic mass is 10.1. The van der Waals surface area contributed by atoms with Crippen LogP contribution in [0.4, 0.5) is 0 Å². The van der Waals surface area contributed by atoms with Crippen molar-refractivity contribution >= 4 is 26.7 Å². The van der Waals surface area contributed by atoms with Crippen LogP contribution in [-0.2, 0) is 6.54 Å². The molecule has 0 radical (unpaired) electrons. The molecule has 0 aliphatic rings. The number of benzene rings is 2. The number of hydrogen-bond acceptors (Lipinski definition) is 2. The summed E-state index contributed by atoms with van der Waals surface area (Å²) in [5, 5.41) is 6.03. The topological polar surface area (TPSA) is 24.9 Å². The fourth-order valence-electron chi connectivity index (χ4n) is 2.52. The van der Waals surface area contributed by atoms with Gasteiger partial charge in [0.1, 0.15) is 0 Å². The van der Waals surface area contributed by atoms with Gasteiger partial charge in [0.2, 0.25) is 0 Å². The first-order chi connectivity index (χ1) is 10.3. The quantitative estimate of drug-likeness (QED) is 0.734. The van der Waals surface area contributed by atoms with Crippen molar-refractivity contribution in [3.05, 3.63) is 76.5 Å². The molecule has 2 aromatic carbocycles. The van der Waals surface area contributed by atoms with E-state index < -0.39 is 0 Å². The smallest absolute Gasteiger partial charge is 0.0346 e. The molecule has 1 N–H and O–H groups in total. The number of rotatable bonds is 4. The Kier molecular flexibility index (Phi) is 4.32. The zero-order valence-corrected chi connectivity index (χ0v) is 13.5. The Bertz CT molecular complexity index is 750. The van der Waals surface area contributed by atoms with E-state index in [1.165, 1.54) is 21.9 Å². The van der Waals surface area contributed by atoms with Crippen LogP contribution < -0.4 is 5.32 Å². The SMILES string of the molecule is C[C@@H](NCc1cncc2ccccc12)c1ccccc1Br. The second-order valence-corrected chi connectivity index (χ2v) is 6.00.